The van der Waals surface area contributed by atoms with Gasteiger partial charge in [0.1, 0.15) is 0 Å². The summed E-state index contributed by atoms with van der Waals surface area (Å²) in [5.74, 6) is 3.64. The zero-order chi connectivity index (χ0) is 85.9. The smallest absolute Gasteiger partial charge is 0.164 e. The summed E-state index contributed by atoms with van der Waals surface area (Å²) in [6.07, 6.45) is 4.36. The van der Waals surface area contributed by atoms with Gasteiger partial charge in [-0.15, -0.1) is 0 Å². The molecule has 10 nitrogen and oxygen atoms in total. The number of halogens is 1. The maximum absolute atomic E-state index is 6.31. The van der Waals surface area contributed by atoms with Crippen LogP contribution in [0.25, 0.3) is 218 Å². The molecule has 129 heavy (non-hydrogen) atoms. The highest BCUT2D eigenvalue weighted by Gasteiger charge is 2.22. The lowest BCUT2D eigenvalue weighted by Crippen LogP contribution is -2.01. The van der Waals surface area contributed by atoms with E-state index in [9.17, 15) is 0 Å². The normalized spacial score (nSPS) is 11.3. The summed E-state index contributed by atoms with van der Waals surface area (Å²) in [4.78, 5) is 34.0. The van der Waals surface area contributed by atoms with Crippen LogP contribution in [0.4, 0.5) is 0 Å². The predicted octanol–water partition coefficient (Wildman–Crippen LogP) is 30.7. The van der Waals surface area contributed by atoms with Crippen molar-refractivity contribution in [3.05, 3.63) is 478 Å². The van der Waals surface area contributed by atoms with E-state index in [1.807, 2.05) is 97.1 Å². The monoisotopic (exact) mass is 1670 g/mol. The number of nitrogens with one attached hydrogen (secondary N) is 1. The van der Waals surface area contributed by atoms with E-state index >= 15 is 0 Å². The zero-order valence-corrected chi connectivity index (χ0v) is 70.7. The van der Waals surface area contributed by atoms with Gasteiger partial charge in [-0.25, -0.2) is 29.9 Å². The van der Waals surface area contributed by atoms with Crippen LogP contribution >= 0.6 is 11.6 Å². The van der Waals surface area contributed by atoms with Gasteiger partial charge in [0.25, 0.3) is 0 Å². The molecule has 0 saturated heterocycles. The second kappa shape index (κ2) is 34.6. The quantitative estimate of drug-likeness (QED) is 0.110. The van der Waals surface area contributed by atoms with E-state index in [0.717, 1.165) is 106 Å². The number of aromatic nitrogens is 10. The molecule has 1 N–H and O–H groups in total. The van der Waals surface area contributed by atoms with E-state index in [4.69, 9.17) is 41.5 Å². The third kappa shape index (κ3) is 15.8. The number of hydrogen-bond donors (Lipinski definition) is 1. The third-order valence-electron chi connectivity index (χ3n) is 23.9. The van der Waals surface area contributed by atoms with Crippen molar-refractivity contribution in [1.82, 2.24) is 48.6 Å². The molecule has 0 spiro atoms. The number of H-pyrrole nitrogens is 1. The highest BCUT2D eigenvalue weighted by atomic mass is 35.5. The molecule has 18 aromatic carbocycles. The van der Waals surface area contributed by atoms with Crippen LogP contribution in [-0.2, 0) is 0 Å². The predicted molar refractivity (Wildman–Crippen MR) is 534 cm³/mol. The number of benzene rings is 18. The molecule has 6 heterocycles. The van der Waals surface area contributed by atoms with Gasteiger partial charge < -0.3 is 18.7 Å². The number of rotatable bonds is 15. The van der Waals surface area contributed by atoms with Crippen molar-refractivity contribution in [3.63, 3.8) is 0 Å². The van der Waals surface area contributed by atoms with Gasteiger partial charge in [0.15, 0.2) is 34.9 Å². The van der Waals surface area contributed by atoms with Crippen molar-refractivity contribution in [3.8, 4) is 152 Å². The number of fused-ring (bicyclic) bond motifs is 10. The molecule has 0 amide bonds. The van der Waals surface area contributed by atoms with Crippen LogP contribution < -0.4 is 0 Å². The Balaban J connectivity index is 0.000000126. The summed E-state index contributed by atoms with van der Waals surface area (Å²) >= 11 is 6.31. The third-order valence-corrected chi connectivity index (χ3v) is 24.2. The summed E-state index contributed by atoms with van der Waals surface area (Å²) in [7, 11) is 0. The summed E-state index contributed by atoms with van der Waals surface area (Å²) in [6.45, 7) is 0. The van der Waals surface area contributed by atoms with Crippen LogP contribution in [0.5, 0.6) is 0 Å². The lowest BCUT2D eigenvalue weighted by atomic mass is 10.0. The molecule has 24 rings (SSSR count). The van der Waals surface area contributed by atoms with Crippen molar-refractivity contribution in [2.75, 3.05) is 0 Å². The molecule has 0 aliphatic rings. The minimum atomic E-state index is 0.581. The Labute approximate surface area is 751 Å². The maximum atomic E-state index is 6.31. The molecule has 24 aromatic rings. The molecule has 0 fully saturated rings. The van der Waals surface area contributed by atoms with E-state index in [2.05, 4.69) is 395 Å². The van der Waals surface area contributed by atoms with Gasteiger partial charge >= 0.3 is 0 Å². The molecule has 0 saturated carbocycles. The Morgan fingerprint density at radius 2 is 0.481 bits per heavy atom. The van der Waals surface area contributed by atoms with Crippen LogP contribution in [0.3, 0.4) is 0 Å². The molecule has 11 heteroatoms. The van der Waals surface area contributed by atoms with Crippen molar-refractivity contribution in [2.45, 2.75) is 0 Å². The van der Waals surface area contributed by atoms with E-state index in [-0.39, 0.29) is 0 Å². The molecule has 0 bridgehead atoms. The molecule has 0 unspecified atom stereocenters. The molecule has 0 atom stereocenters. The van der Waals surface area contributed by atoms with Crippen molar-refractivity contribution in [1.29, 1.82) is 0 Å². The Hall–Kier alpha value is -17.1. The molecule has 0 aliphatic carbocycles. The summed E-state index contributed by atoms with van der Waals surface area (Å²) in [5, 5.41) is 8.01. The Morgan fingerprint density at radius 1 is 0.186 bits per heavy atom. The molecule has 0 aliphatic heterocycles. The average Bonchev–Trinajstić information content (AvgIpc) is 1.57. The highest BCUT2D eigenvalue weighted by Crippen LogP contribution is 2.42. The van der Waals surface area contributed by atoms with Gasteiger partial charge in [-0.1, -0.05) is 363 Å². The molecular formula is C118H79ClN10. The first-order valence-corrected chi connectivity index (χ1v) is 43.6. The number of para-hydroxylation sites is 2. The van der Waals surface area contributed by atoms with Gasteiger partial charge in [-0.3, -0.25) is 0 Å². The van der Waals surface area contributed by atoms with Crippen molar-refractivity contribution in [2.24, 2.45) is 0 Å². The first-order chi connectivity index (χ1) is 63.8. The summed E-state index contributed by atoms with van der Waals surface area (Å²) in [6, 6.07) is 160. The number of nitrogens with zero attached hydrogens (tertiary/aromatic N) is 9. The minimum absolute atomic E-state index is 0.581. The molecular weight excluding hydrogens is 1590 g/mol. The van der Waals surface area contributed by atoms with E-state index < -0.39 is 0 Å². The van der Waals surface area contributed by atoms with E-state index in [1.165, 1.54) is 76.8 Å². The van der Waals surface area contributed by atoms with Gasteiger partial charge in [0.05, 0.1) is 27.6 Å². The Bertz CT molecular complexity index is 8050. The lowest BCUT2D eigenvalue weighted by molar-refractivity contribution is 1.07. The summed E-state index contributed by atoms with van der Waals surface area (Å²) < 4.78 is 6.97. The molecule has 0 radical (unpaired) electrons. The SMILES string of the molecule is Clc1cccc(-c2nc(-c3cccc(-c4ccccc4)c3)nc(-c3cccc(-c4ccccc4)c3)n2)c1.c1ccc(-c2cccc(-c3nc(-c4cccc(-c5ccccc5)c4)nc(-c4cccc(-n5c6ccccc6c6ccc7c(ccn7-c7cccc(-c8ccccc8)c7)c65)c4)n3)c2)cc1.c1ccc(-c2cccc(-n3ccc4c5[nH]c6ccccc6c5ccc43)c2)cc1. The van der Waals surface area contributed by atoms with Crippen LogP contribution in [0.2, 0.25) is 5.02 Å². The minimum Gasteiger partial charge on any atom is -0.354 e. The average molecular weight is 1670 g/mol. The number of hydrogen-bond acceptors (Lipinski definition) is 6. The fourth-order valence-electron chi connectivity index (χ4n) is 17.7. The van der Waals surface area contributed by atoms with Crippen molar-refractivity contribution < 1.29 is 0 Å². The summed E-state index contributed by atoms with van der Waals surface area (Å²) in [5.41, 5.74) is 29.6. The number of aromatic amines is 1. The van der Waals surface area contributed by atoms with Crippen LogP contribution in [0, 0.1) is 0 Å². The second-order valence-electron chi connectivity index (χ2n) is 32.0. The van der Waals surface area contributed by atoms with E-state index in [1.54, 1.807) is 0 Å². The Morgan fingerprint density at radius 3 is 0.891 bits per heavy atom. The van der Waals surface area contributed by atoms with Crippen LogP contribution in [-0.4, -0.2) is 48.6 Å². The molecule has 608 valence electrons. The van der Waals surface area contributed by atoms with Gasteiger partial charge in [0, 0.05) is 106 Å². The van der Waals surface area contributed by atoms with Crippen molar-refractivity contribution >= 4 is 77.0 Å². The first kappa shape index (κ1) is 78.0. The van der Waals surface area contributed by atoms with E-state index in [0.29, 0.717) is 40.0 Å². The second-order valence-corrected chi connectivity index (χ2v) is 32.4. The highest BCUT2D eigenvalue weighted by molar-refractivity contribution is 6.31. The fraction of sp³-hybridized carbons (Fsp3) is 0. The van der Waals surface area contributed by atoms with Crippen LogP contribution in [0.1, 0.15) is 0 Å². The lowest BCUT2D eigenvalue weighted by Gasteiger charge is -2.13. The topological polar surface area (TPSA) is 108 Å². The molecule has 6 aromatic heterocycles. The maximum Gasteiger partial charge on any atom is 0.164 e. The van der Waals surface area contributed by atoms with Gasteiger partial charge in [-0.2, -0.15) is 0 Å². The fourth-order valence-corrected chi connectivity index (χ4v) is 17.9. The standard InChI is InChI=1S/C59H39N5.C33H22ClN3.C26H18N2/c1-4-16-40(17-5-1)43-22-12-25-46(36-43)57-60-58(47-26-13-23-44(37-47)41-18-6-2-7-19-41)62-59(61-57)48-27-15-29-50(39-48)64-55-31-11-10-30-51(55)52-32-33-54-53(56(52)64)34-35-63(54)49-28-14-24-45(38-49)42-20-8-3-9-21-42;34-30-19-9-18-29(22-30)33-36-31(27-16-7-14-25(20-27)23-10-3-1-4-11-23)35-32(37-33)28-17-8-15-26(21-28)24-12-5-2-6-13-24;1-2-7-18(8-3-1)19-9-6-10-20(17-19)28-16-15-23-25(28)14-13-22-21-11-4-5-12-24(21)27-26(22)23/h1-39H;1-22H;1-17,27H. The Kier molecular flexibility index (Phi) is 20.9. The first-order valence-electron chi connectivity index (χ1n) is 43.2. The van der Waals surface area contributed by atoms with Gasteiger partial charge in [0.2, 0.25) is 0 Å². The largest absolute Gasteiger partial charge is 0.354 e. The van der Waals surface area contributed by atoms with Crippen LogP contribution in [0.15, 0.2) is 473 Å². The zero-order valence-electron chi connectivity index (χ0n) is 69.9. The van der Waals surface area contributed by atoms with Gasteiger partial charge in [-0.05, 0) is 176 Å².